The summed E-state index contributed by atoms with van der Waals surface area (Å²) in [6, 6.07) is 7.48. The topological polar surface area (TPSA) is 52.7 Å². The molecule has 1 saturated heterocycles. The Hall–Kier alpha value is -1.56. The van der Waals surface area contributed by atoms with E-state index < -0.39 is 0 Å². The molecule has 1 aromatic rings. The molecule has 1 atom stereocenters. The van der Waals surface area contributed by atoms with Crippen LogP contribution in [0.3, 0.4) is 0 Å². The first-order valence-electron chi connectivity index (χ1n) is 7.00. The zero-order chi connectivity index (χ0) is 15.4. The molecule has 1 heterocycles. The quantitative estimate of drug-likeness (QED) is 0.888. The number of halogens is 1. The van der Waals surface area contributed by atoms with E-state index in [1.165, 1.54) is 0 Å². The molecule has 0 aliphatic carbocycles. The molecule has 1 aromatic carbocycles. The van der Waals surface area contributed by atoms with Gasteiger partial charge in [0.2, 0.25) is 5.91 Å². The minimum atomic E-state index is -0.151. The Bertz CT molecular complexity index is 533. The van der Waals surface area contributed by atoms with Crippen LogP contribution in [0.15, 0.2) is 28.7 Å². The van der Waals surface area contributed by atoms with E-state index in [1.807, 2.05) is 24.3 Å². The summed E-state index contributed by atoms with van der Waals surface area (Å²) in [6.07, 6.45) is 1.67. The summed E-state index contributed by atoms with van der Waals surface area (Å²) in [5.74, 6) is -0.175. The number of carbonyl (C=O) groups is 2. The molecule has 0 bridgehead atoms. The van der Waals surface area contributed by atoms with Crippen LogP contribution in [0.1, 0.15) is 12.8 Å². The van der Waals surface area contributed by atoms with Gasteiger partial charge in [-0.1, -0.05) is 22.0 Å². The average molecular weight is 354 g/mol. The first-order chi connectivity index (χ1) is 9.97. The third-order valence-corrected chi connectivity index (χ3v) is 4.03. The molecule has 0 spiro atoms. The van der Waals surface area contributed by atoms with Gasteiger partial charge in [0.15, 0.2) is 0 Å². The van der Waals surface area contributed by atoms with E-state index in [0.717, 1.165) is 29.5 Å². The Morgan fingerprint density at radius 2 is 2.14 bits per heavy atom. The molecule has 2 rings (SSSR count). The number of piperidine rings is 1. The highest BCUT2D eigenvalue weighted by molar-refractivity contribution is 9.10. The second kappa shape index (κ2) is 6.93. The van der Waals surface area contributed by atoms with E-state index in [4.69, 9.17) is 0 Å². The van der Waals surface area contributed by atoms with Crippen LogP contribution in [0, 0.1) is 5.92 Å². The lowest BCUT2D eigenvalue weighted by Gasteiger charge is -2.33. The lowest BCUT2D eigenvalue weighted by Crippen LogP contribution is -2.47. The number of nitrogens with zero attached hydrogens (tertiary/aromatic N) is 2. The fourth-order valence-electron chi connectivity index (χ4n) is 2.46. The number of hydrogen-bond acceptors (Lipinski definition) is 2. The Labute approximate surface area is 133 Å². The smallest absolute Gasteiger partial charge is 0.319 e. The van der Waals surface area contributed by atoms with Crippen molar-refractivity contribution < 1.29 is 9.59 Å². The van der Waals surface area contributed by atoms with E-state index in [0.29, 0.717) is 6.54 Å². The lowest BCUT2D eigenvalue weighted by atomic mass is 9.97. The molecule has 0 saturated carbocycles. The first kappa shape index (κ1) is 15.8. The molecule has 0 aromatic heterocycles. The Morgan fingerprint density at radius 3 is 2.81 bits per heavy atom. The average Bonchev–Trinajstić information content (AvgIpc) is 2.46. The SMILES string of the molecule is CN(C)C(=O)N1CCCC(C(=O)Nc2cccc(Br)c2)C1. The number of nitrogens with one attached hydrogen (secondary N) is 1. The van der Waals surface area contributed by atoms with E-state index in [1.54, 1.807) is 23.9 Å². The molecular weight excluding hydrogens is 334 g/mol. The maximum absolute atomic E-state index is 12.3. The van der Waals surface area contributed by atoms with Gasteiger partial charge in [-0.15, -0.1) is 0 Å². The first-order valence-corrected chi connectivity index (χ1v) is 7.79. The van der Waals surface area contributed by atoms with Crippen LogP contribution < -0.4 is 5.32 Å². The van der Waals surface area contributed by atoms with Gasteiger partial charge in [0.05, 0.1) is 5.92 Å². The third-order valence-electron chi connectivity index (χ3n) is 3.54. The van der Waals surface area contributed by atoms with Crippen LogP contribution in [-0.4, -0.2) is 48.9 Å². The van der Waals surface area contributed by atoms with Crippen molar-refractivity contribution in [2.75, 3.05) is 32.5 Å². The van der Waals surface area contributed by atoms with Gasteiger partial charge >= 0.3 is 6.03 Å². The summed E-state index contributed by atoms with van der Waals surface area (Å²) in [5.41, 5.74) is 0.769. The van der Waals surface area contributed by atoms with Crippen molar-refractivity contribution in [1.82, 2.24) is 9.80 Å². The Kier molecular flexibility index (Phi) is 5.22. The number of rotatable bonds is 2. The molecule has 6 heteroatoms. The highest BCUT2D eigenvalue weighted by Crippen LogP contribution is 2.21. The Morgan fingerprint density at radius 1 is 1.38 bits per heavy atom. The summed E-state index contributed by atoms with van der Waals surface area (Å²) >= 11 is 3.38. The molecule has 114 valence electrons. The van der Waals surface area contributed by atoms with E-state index in [2.05, 4.69) is 21.2 Å². The van der Waals surface area contributed by atoms with Gasteiger partial charge in [-0.05, 0) is 31.0 Å². The van der Waals surface area contributed by atoms with Gasteiger partial charge in [-0.25, -0.2) is 4.79 Å². The van der Waals surface area contributed by atoms with Crippen LogP contribution >= 0.6 is 15.9 Å². The van der Waals surface area contributed by atoms with Crippen LogP contribution in [0.2, 0.25) is 0 Å². The standard InChI is InChI=1S/C15H20BrN3O2/c1-18(2)15(21)19-8-4-5-11(10-19)14(20)17-13-7-3-6-12(16)9-13/h3,6-7,9,11H,4-5,8,10H2,1-2H3,(H,17,20). The summed E-state index contributed by atoms with van der Waals surface area (Å²) in [5, 5.41) is 2.92. The molecular formula is C15H20BrN3O2. The van der Waals surface area contributed by atoms with Gasteiger partial charge in [0.1, 0.15) is 0 Å². The monoisotopic (exact) mass is 353 g/mol. The molecule has 1 aliphatic rings. The van der Waals surface area contributed by atoms with Crippen molar-refractivity contribution in [3.63, 3.8) is 0 Å². The molecule has 1 N–H and O–H groups in total. The van der Waals surface area contributed by atoms with Crippen molar-refractivity contribution in [2.45, 2.75) is 12.8 Å². The number of urea groups is 1. The number of benzene rings is 1. The van der Waals surface area contributed by atoms with Crippen LogP contribution in [-0.2, 0) is 4.79 Å². The molecule has 1 fully saturated rings. The minimum Gasteiger partial charge on any atom is -0.331 e. The zero-order valence-electron chi connectivity index (χ0n) is 12.3. The van der Waals surface area contributed by atoms with Gasteiger partial charge in [-0.2, -0.15) is 0 Å². The maximum Gasteiger partial charge on any atom is 0.319 e. The molecule has 21 heavy (non-hydrogen) atoms. The van der Waals surface area contributed by atoms with Crippen molar-refractivity contribution >= 4 is 33.6 Å². The second-order valence-corrected chi connectivity index (χ2v) is 6.38. The molecule has 0 radical (unpaired) electrons. The molecule has 1 unspecified atom stereocenters. The van der Waals surface area contributed by atoms with E-state index >= 15 is 0 Å². The van der Waals surface area contributed by atoms with Crippen LogP contribution in [0.25, 0.3) is 0 Å². The van der Waals surface area contributed by atoms with Crippen molar-refractivity contribution in [3.8, 4) is 0 Å². The van der Waals surface area contributed by atoms with Crippen LogP contribution in [0.4, 0.5) is 10.5 Å². The summed E-state index contributed by atoms with van der Waals surface area (Å²) in [7, 11) is 3.46. The fraction of sp³-hybridized carbons (Fsp3) is 0.467. The Balaban J connectivity index is 1.97. The molecule has 5 nitrogen and oxygen atoms in total. The minimum absolute atomic E-state index is 0.0237. The van der Waals surface area contributed by atoms with E-state index in [9.17, 15) is 9.59 Å². The van der Waals surface area contributed by atoms with Crippen molar-refractivity contribution in [1.29, 1.82) is 0 Å². The van der Waals surface area contributed by atoms with Crippen LogP contribution in [0.5, 0.6) is 0 Å². The number of anilines is 1. The van der Waals surface area contributed by atoms with Gasteiger partial charge in [0.25, 0.3) is 0 Å². The number of likely N-dealkylation sites (tertiary alicyclic amines) is 1. The predicted molar refractivity (Wildman–Crippen MR) is 86.2 cm³/mol. The summed E-state index contributed by atoms with van der Waals surface area (Å²) in [6.45, 7) is 1.20. The van der Waals surface area contributed by atoms with Crippen molar-refractivity contribution in [2.24, 2.45) is 5.92 Å². The number of amides is 3. The largest absolute Gasteiger partial charge is 0.331 e. The second-order valence-electron chi connectivity index (χ2n) is 5.46. The predicted octanol–water partition coefficient (Wildman–Crippen LogP) is 2.78. The summed E-state index contributed by atoms with van der Waals surface area (Å²) < 4.78 is 0.924. The molecule has 3 amide bonds. The zero-order valence-corrected chi connectivity index (χ0v) is 13.9. The maximum atomic E-state index is 12.3. The highest BCUT2D eigenvalue weighted by atomic mass is 79.9. The fourth-order valence-corrected chi connectivity index (χ4v) is 2.86. The van der Waals surface area contributed by atoms with Gasteiger partial charge in [0, 0.05) is 37.3 Å². The van der Waals surface area contributed by atoms with Crippen molar-refractivity contribution in [3.05, 3.63) is 28.7 Å². The molecule has 1 aliphatic heterocycles. The van der Waals surface area contributed by atoms with E-state index in [-0.39, 0.29) is 17.9 Å². The summed E-state index contributed by atoms with van der Waals surface area (Å²) in [4.78, 5) is 27.6. The highest BCUT2D eigenvalue weighted by Gasteiger charge is 2.29. The number of hydrogen-bond donors (Lipinski definition) is 1. The normalized spacial score (nSPS) is 18.2. The van der Waals surface area contributed by atoms with Gasteiger partial charge < -0.3 is 15.1 Å². The van der Waals surface area contributed by atoms with Gasteiger partial charge in [-0.3, -0.25) is 4.79 Å². The lowest BCUT2D eigenvalue weighted by molar-refractivity contribution is -0.121. The third kappa shape index (κ3) is 4.20. The number of carbonyl (C=O) groups excluding carboxylic acids is 2.